The number of hydrogen-bond acceptors (Lipinski definition) is 5. The Balaban J connectivity index is 1.81. The number of anilines is 1. The standard InChI is InChI=1S/C19H21BrN4O3S2/c1-3-8-24-17-7-5-14(29(21,26)27)10-16(17)23-19(24)28-11-18(25)22-15-6-4-13(20)9-12(15)2/h4-7,9-10H,3,8,11H2,1-2H3,(H,22,25)(H2,21,26,27). The van der Waals surface area contributed by atoms with Gasteiger partial charge in [-0.05, 0) is 55.3 Å². The Kier molecular flexibility index (Phi) is 6.67. The van der Waals surface area contributed by atoms with Crippen molar-refractivity contribution in [2.24, 2.45) is 5.14 Å². The number of amides is 1. The molecule has 0 aliphatic rings. The van der Waals surface area contributed by atoms with Gasteiger partial charge in [0.2, 0.25) is 15.9 Å². The monoisotopic (exact) mass is 496 g/mol. The van der Waals surface area contributed by atoms with E-state index in [-0.39, 0.29) is 16.6 Å². The number of aromatic nitrogens is 2. The van der Waals surface area contributed by atoms with Gasteiger partial charge in [-0.1, -0.05) is 34.6 Å². The lowest BCUT2D eigenvalue weighted by atomic mass is 10.2. The molecule has 0 bridgehead atoms. The molecule has 154 valence electrons. The van der Waals surface area contributed by atoms with Gasteiger partial charge in [0.1, 0.15) is 0 Å². The summed E-state index contributed by atoms with van der Waals surface area (Å²) >= 11 is 4.72. The topological polar surface area (TPSA) is 107 Å². The zero-order chi connectivity index (χ0) is 21.2. The highest BCUT2D eigenvalue weighted by Gasteiger charge is 2.16. The second-order valence-electron chi connectivity index (χ2n) is 6.54. The summed E-state index contributed by atoms with van der Waals surface area (Å²) in [5.74, 6) is 0.0469. The van der Waals surface area contributed by atoms with Crippen molar-refractivity contribution in [3.8, 4) is 0 Å². The third-order valence-electron chi connectivity index (χ3n) is 4.26. The molecule has 29 heavy (non-hydrogen) atoms. The first-order valence-corrected chi connectivity index (χ1v) is 12.2. The molecule has 0 radical (unpaired) electrons. The van der Waals surface area contributed by atoms with Gasteiger partial charge in [0, 0.05) is 16.7 Å². The van der Waals surface area contributed by atoms with Crippen LogP contribution in [-0.4, -0.2) is 29.6 Å². The highest BCUT2D eigenvalue weighted by Crippen LogP contribution is 2.27. The summed E-state index contributed by atoms with van der Waals surface area (Å²) in [4.78, 5) is 17.0. The van der Waals surface area contributed by atoms with Crippen LogP contribution in [0, 0.1) is 6.92 Å². The number of imidazole rings is 1. The Morgan fingerprint density at radius 2 is 2.03 bits per heavy atom. The van der Waals surface area contributed by atoms with E-state index in [1.165, 1.54) is 23.9 Å². The molecule has 2 aromatic carbocycles. The normalized spacial score (nSPS) is 11.7. The largest absolute Gasteiger partial charge is 0.325 e. The maximum Gasteiger partial charge on any atom is 0.238 e. The maximum absolute atomic E-state index is 12.4. The molecule has 1 heterocycles. The first-order valence-electron chi connectivity index (χ1n) is 8.91. The van der Waals surface area contributed by atoms with Crippen LogP contribution in [0.1, 0.15) is 18.9 Å². The van der Waals surface area contributed by atoms with Crippen LogP contribution in [0.3, 0.4) is 0 Å². The van der Waals surface area contributed by atoms with E-state index < -0.39 is 10.0 Å². The second-order valence-corrected chi connectivity index (χ2v) is 9.96. The predicted octanol–water partition coefficient (Wildman–Crippen LogP) is 3.90. The van der Waals surface area contributed by atoms with E-state index in [1.807, 2.05) is 36.6 Å². The maximum atomic E-state index is 12.4. The molecule has 3 aromatic rings. The molecule has 0 fully saturated rings. The van der Waals surface area contributed by atoms with Gasteiger partial charge in [-0.2, -0.15) is 0 Å². The summed E-state index contributed by atoms with van der Waals surface area (Å²) in [5.41, 5.74) is 3.08. The number of carbonyl (C=O) groups is 1. The lowest BCUT2D eigenvalue weighted by molar-refractivity contribution is -0.113. The molecule has 7 nitrogen and oxygen atoms in total. The molecule has 10 heteroatoms. The number of sulfonamides is 1. The van der Waals surface area contributed by atoms with Crippen LogP contribution in [0.25, 0.3) is 11.0 Å². The number of thioether (sulfide) groups is 1. The van der Waals surface area contributed by atoms with Crippen LogP contribution in [0.2, 0.25) is 0 Å². The van der Waals surface area contributed by atoms with Crippen molar-refractivity contribution in [2.75, 3.05) is 11.1 Å². The number of nitrogens with one attached hydrogen (secondary N) is 1. The summed E-state index contributed by atoms with van der Waals surface area (Å²) in [5, 5.41) is 8.79. The van der Waals surface area contributed by atoms with E-state index in [0.29, 0.717) is 17.2 Å². The lowest BCUT2D eigenvalue weighted by Crippen LogP contribution is -2.15. The van der Waals surface area contributed by atoms with Crippen LogP contribution in [0.5, 0.6) is 0 Å². The summed E-state index contributed by atoms with van der Waals surface area (Å²) < 4.78 is 26.2. The summed E-state index contributed by atoms with van der Waals surface area (Å²) in [7, 11) is -3.80. The Hall–Kier alpha value is -1.88. The Morgan fingerprint density at radius 1 is 1.28 bits per heavy atom. The van der Waals surface area contributed by atoms with Crippen molar-refractivity contribution < 1.29 is 13.2 Å². The smallest absolute Gasteiger partial charge is 0.238 e. The predicted molar refractivity (Wildman–Crippen MR) is 120 cm³/mol. The van der Waals surface area contributed by atoms with E-state index in [1.54, 1.807) is 6.07 Å². The molecule has 3 rings (SSSR count). The average Bonchev–Trinajstić information content (AvgIpc) is 2.99. The third-order valence-corrected chi connectivity index (χ3v) is 6.64. The van der Waals surface area contributed by atoms with Crippen LogP contribution in [0.15, 0.2) is 50.9 Å². The molecule has 1 amide bonds. The van der Waals surface area contributed by atoms with Crippen molar-refractivity contribution in [1.82, 2.24) is 9.55 Å². The molecule has 0 spiro atoms. The molecule has 0 aliphatic carbocycles. The zero-order valence-electron chi connectivity index (χ0n) is 16.0. The minimum Gasteiger partial charge on any atom is -0.325 e. The molecule has 3 N–H and O–H groups in total. The SMILES string of the molecule is CCCn1c(SCC(=O)Nc2ccc(Br)cc2C)nc2cc(S(N)(=O)=O)ccc21. The van der Waals surface area contributed by atoms with Crippen LogP contribution in [0.4, 0.5) is 5.69 Å². The van der Waals surface area contributed by atoms with E-state index in [9.17, 15) is 13.2 Å². The first kappa shape index (κ1) is 21.8. The fourth-order valence-corrected chi connectivity index (χ4v) is 4.75. The van der Waals surface area contributed by atoms with E-state index in [4.69, 9.17) is 5.14 Å². The number of benzene rings is 2. The quantitative estimate of drug-likeness (QED) is 0.482. The average molecular weight is 497 g/mol. The Labute approximate surface area is 182 Å². The molecule has 0 aliphatic heterocycles. The number of nitrogens with two attached hydrogens (primary N) is 1. The number of fused-ring (bicyclic) bond motifs is 1. The number of nitrogens with zero attached hydrogens (tertiary/aromatic N) is 2. The number of aryl methyl sites for hydroxylation is 2. The van der Waals surface area contributed by atoms with Gasteiger partial charge >= 0.3 is 0 Å². The summed E-state index contributed by atoms with van der Waals surface area (Å²) in [6.45, 7) is 4.68. The van der Waals surface area contributed by atoms with Gasteiger partial charge in [0.15, 0.2) is 5.16 Å². The van der Waals surface area contributed by atoms with Gasteiger partial charge in [-0.15, -0.1) is 0 Å². The van der Waals surface area contributed by atoms with Crippen molar-refractivity contribution in [2.45, 2.75) is 36.9 Å². The first-order chi connectivity index (χ1) is 13.7. The van der Waals surface area contributed by atoms with Gasteiger partial charge < -0.3 is 9.88 Å². The second kappa shape index (κ2) is 8.86. The highest BCUT2D eigenvalue weighted by molar-refractivity contribution is 9.10. The number of rotatable bonds is 7. The molecule has 1 aromatic heterocycles. The molecule has 0 atom stereocenters. The van der Waals surface area contributed by atoms with Gasteiger partial charge in [0.25, 0.3) is 0 Å². The number of carbonyl (C=O) groups excluding carboxylic acids is 1. The Bertz CT molecular complexity index is 1180. The summed E-state index contributed by atoms with van der Waals surface area (Å²) in [6.07, 6.45) is 0.875. The molecule has 0 unspecified atom stereocenters. The minimum absolute atomic E-state index is 0.0196. The number of primary sulfonamides is 1. The van der Waals surface area contributed by atoms with Crippen LogP contribution in [-0.2, 0) is 21.4 Å². The van der Waals surface area contributed by atoms with Crippen molar-refractivity contribution in [3.63, 3.8) is 0 Å². The summed E-state index contributed by atoms with van der Waals surface area (Å²) in [6, 6.07) is 10.3. The van der Waals surface area contributed by atoms with E-state index in [2.05, 4.69) is 26.2 Å². The fourth-order valence-electron chi connectivity index (χ4n) is 2.90. The lowest BCUT2D eigenvalue weighted by Gasteiger charge is -2.10. The molecular formula is C19H21BrN4O3S2. The van der Waals surface area contributed by atoms with E-state index >= 15 is 0 Å². The van der Waals surface area contributed by atoms with Crippen molar-refractivity contribution in [1.29, 1.82) is 0 Å². The highest BCUT2D eigenvalue weighted by atomic mass is 79.9. The fraction of sp³-hybridized carbons (Fsp3) is 0.263. The third kappa shape index (κ3) is 5.19. The number of halogens is 1. The number of hydrogen-bond donors (Lipinski definition) is 2. The van der Waals surface area contributed by atoms with E-state index in [0.717, 1.165) is 27.7 Å². The van der Waals surface area contributed by atoms with Crippen molar-refractivity contribution >= 4 is 60.3 Å². The molecule has 0 saturated heterocycles. The van der Waals surface area contributed by atoms with Crippen molar-refractivity contribution in [3.05, 3.63) is 46.4 Å². The zero-order valence-corrected chi connectivity index (χ0v) is 19.2. The minimum atomic E-state index is -3.80. The van der Waals surface area contributed by atoms with Crippen LogP contribution < -0.4 is 10.5 Å². The Morgan fingerprint density at radius 3 is 2.69 bits per heavy atom. The molecular weight excluding hydrogens is 476 g/mol. The van der Waals surface area contributed by atoms with Gasteiger partial charge in [-0.25, -0.2) is 18.5 Å². The van der Waals surface area contributed by atoms with Gasteiger partial charge in [0.05, 0.1) is 21.7 Å². The van der Waals surface area contributed by atoms with Gasteiger partial charge in [-0.3, -0.25) is 4.79 Å². The molecule has 0 saturated carbocycles. The van der Waals surface area contributed by atoms with Crippen LogP contribution >= 0.6 is 27.7 Å².